The van der Waals surface area contributed by atoms with Crippen LogP contribution in [0.3, 0.4) is 0 Å². The quantitative estimate of drug-likeness (QED) is 0.158. The first kappa shape index (κ1) is 22.5. The predicted molar refractivity (Wildman–Crippen MR) is 140 cm³/mol. The molecule has 7 heteroatoms. The van der Waals surface area contributed by atoms with E-state index in [1.54, 1.807) is 10.8 Å². The third kappa shape index (κ3) is 4.41. The Morgan fingerprint density at radius 3 is 2.59 bits per heavy atom. The standard InChI is InChI=1S/C27H23N3O2S2/c1-17-10-12-20(13-11-17)22(31)16-33-27-29-23-21-9-6-14-28-25(21)34-24(23)26(32)30(27)15-18(2)19-7-4-3-5-8-19/h3-14,18H,15-16H2,1-2H3/t18-/m1/s1. The van der Waals surface area contributed by atoms with Crippen LogP contribution < -0.4 is 5.56 Å². The minimum Gasteiger partial charge on any atom is -0.293 e. The molecule has 3 heterocycles. The lowest BCUT2D eigenvalue weighted by Gasteiger charge is -2.17. The molecule has 5 aromatic rings. The van der Waals surface area contributed by atoms with Crippen molar-refractivity contribution in [2.45, 2.75) is 31.5 Å². The van der Waals surface area contributed by atoms with Gasteiger partial charge in [-0.25, -0.2) is 9.97 Å². The third-order valence-electron chi connectivity index (χ3n) is 5.85. The fraction of sp³-hybridized carbons (Fsp3) is 0.185. The fourth-order valence-corrected chi connectivity index (χ4v) is 5.85. The van der Waals surface area contributed by atoms with Crippen LogP contribution in [0.4, 0.5) is 0 Å². The number of benzene rings is 2. The summed E-state index contributed by atoms with van der Waals surface area (Å²) in [5, 5.41) is 1.43. The van der Waals surface area contributed by atoms with Crippen molar-refractivity contribution in [3.63, 3.8) is 0 Å². The second kappa shape index (κ2) is 9.52. The van der Waals surface area contributed by atoms with E-state index in [9.17, 15) is 9.59 Å². The molecular weight excluding hydrogens is 462 g/mol. The molecule has 0 N–H and O–H groups in total. The van der Waals surface area contributed by atoms with E-state index in [1.807, 2.05) is 61.5 Å². The number of ketones is 1. The molecule has 0 amide bonds. The molecule has 2 aromatic carbocycles. The second-order valence-electron chi connectivity index (χ2n) is 8.34. The summed E-state index contributed by atoms with van der Waals surface area (Å²) in [6, 6.07) is 21.5. The van der Waals surface area contributed by atoms with E-state index >= 15 is 0 Å². The van der Waals surface area contributed by atoms with Gasteiger partial charge in [0.25, 0.3) is 5.56 Å². The monoisotopic (exact) mass is 485 g/mol. The van der Waals surface area contributed by atoms with Crippen LogP contribution in [0.5, 0.6) is 0 Å². The molecule has 0 saturated heterocycles. The number of hydrogen-bond donors (Lipinski definition) is 0. The number of aryl methyl sites for hydroxylation is 1. The highest BCUT2D eigenvalue weighted by atomic mass is 32.2. The van der Waals surface area contributed by atoms with Crippen molar-refractivity contribution in [1.82, 2.24) is 14.5 Å². The van der Waals surface area contributed by atoms with E-state index < -0.39 is 0 Å². The zero-order chi connectivity index (χ0) is 23.7. The number of nitrogens with zero attached hydrogens (tertiary/aromatic N) is 3. The first-order valence-electron chi connectivity index (χ1n) is 11.1. The summed E-state index contributed by atoms with van der Waals surface area (Å²) < 4.78 is 2.32. The van der Waals surface area contributed by atoms with Gasteiger partial charge in [0.15, 0.2) is 10.9 Å². The Morgan fingerprint density at radius 1 is 1.06 bits per heavy atom. The van der Waals surface area contributed by atoms with Gasteiger partial charge >= 0.3 is 0 Å². The van der Waals surface area contributed by atoms with Gasteiger partial charge < -0.3 is 0 Å². The minimum absolute atomic E-state index is 0.0128. The van der Waals surface area contributed by atoms with E-state index in [0.29, 0.717) is 27.5 Å². The van der Waals surface area contributed by atoms with Gasteiger partial charge in [0.1, 0.15) is 9.53 Å². The lowest BCUT2D eigenvalue weighted by molar-refractivity contribution is 0.102. The van der Waals surface area contributed by atoms with E-state index in [2.05, 4.69) is 24.0 Å². The lowest BCUT2D eigenvalue weighted by atomic mass is 10.0. The number of carbonyl (C=O) groups excluding carboxylic acids is 1. The first-order chi connectivity index (χ1) is 16.5. The van der Waals surface area contributed by atoms with Crippen molar-refractivity contribution in [2.24, 2.45) is 0 Å². The third-order valence-corrected chi connectivity index (χ3v) is 7.92. The molecule has 0 radical (unpaired) electrons. The Hall–Kier alpha value is -3.29. The number of hydrogen-bond acceptors (Lipinski definition) is 6. The summed E-state index contributed by atoms with van der Waals surface area (Å²) in [5.41, 5.74) is 3.50. The molecule has 0 saturated carbocycles. The average Bonchev–Trinajstić information content (AvgIpc) is 3.24. The number of aromatic nitrogens is 3. The van der Waals surface area contributed by atoms with E-state index in [1.165, 1.54) is 23.1 Å². The van der Waals surface area contributed by atoms with E-state index in [-0.39, 0.29) is 23.0 Å². The highest BCUT2D eigenvalue weighted by Crippen LogP contribution is 2.31. The summed E-state index contributed by atoms with van der Waals surface area (Å²) in [5.74, 6) is 0.331. The lowest BCUT2D eigenvalue weighted by Crippen LogP contribution is -2.25. The zero-order valence-electron chi connectivity index (χ0n) is 18.9. The SMILES string of the molecule is Cc1ccc(C(=O)CSc2nc3c(sc4ncccc43)c(=O)n2C[C@@H](C)c2ccccc2)cc1. The van der Waals surface area contributed by atoms with Gasteiger partial charge in [0, 0.05) is 23.7 Å². The molecular formula is C27H23N3O2S2. The molecule has 1 atom stereocenters. The molecule has 0 spiro atoms. The second-order valence-corrected chi connectivity index (χ2v) is 10.3. The summed E-state index contributed by atoms with van der Waals surface area (Å²) in [7, 11) is 0. The zero-order valence-corrected chi connectivity index (χ0v) is 20.5. The van der Waals surface area contributed by atoms with Crippen LogP contribution in [-0.2, 0) is 6.54 Å². The van der Waals surface area contributed by atoms with Gasteiger partial charge in [-0.3, -0.25) is 14.2 Å². The molecule has 0 aliphatic carbocycles. The number of fused-ring (bicyclic) bond motifs is 3. The smallest absolute Gasteiger partial charge is 0.272 e. The van der Waals surface area contributed by atoms with Crippen molar-refractivity contribution >= 4 is 49.3 Å². The molecule has 0 unspecified atom stereocenters. The predicted octanol–water partition coefficient (Wildman–Crippen LogP) is 6.09. The van der Waals surface area contributed by atoms with Gasteiger partial charge in [-0.15, -0.1) is 11.3 Å². The van der Waals surface area contributed by atoms with Crippen molar-refractivity contribution in [3.05, 3.63) is 100.0 Å². The topological polar surface area (TPSA) is 64.8 Å². The first-order valence-corrected chi connectivity index (χ1v) is 12.9. The van der Waals surface area contributed by atoms with Crippen LogP contribution in [-0.4, -0.2) is 26.1 Å². The Bertz CT molecular complexity index is 1540. The van der Waals surface area contributed by atoms with Crippen LogP contribution in [0.2, 0.25) is 0 Å². The van der Waals surface area contributed by atoms with Crippen molar-refractivity contribution in [2.75, 3.05) is 5.75 Å². The summed E-state index contributed by atoms with van der Waals surface area (Å²) in [6.45, 7) is 4.58. The Labute approximate surface area is 205 Å². The van der Waals surface area contributed by atoms with Gasteiger partial charge in [-0.1, -0.05) is 78.8 Å². The number of pyridine rings is 1. The Balaban J connectivity index is 1.55. The van der Waals surface area contributed by atoms with Crippen molar-refractivity contribution < 1.29 is 4.79 Å². The normalized spacial score (nSPS) is 12.3. The Kier molecular flexibility index (Phi) is 6.30. The molecule has 34 heavy (non-hydrogen) atoms. The van der Waals surface area contributed by atoms with Crippen LogP contribution in [0.1, 0.15) is 34.3 Å². The average molecular weight is 486 g/mol. The van der Waals surface area contributed by atoms with Gasteiger partial charge in [0.2, 0.25) is 0 Å². The maximum atomic E-state index is 13.6. The molecule has 0 aliphatic rings. The molecule has 0 fully saturated rings. The number of Topliss-reactive ketones (excluding diaryl/α,β-unsaturated/α-hetero) is 1. The number of thioether (sulfide) groups is 1. The maximum absolute atomic E-state index is 13.6. The highest BCUT2D eigenvalue weighted by Gasteiger charge is 2.20. The van der Waals surface area contributed by atoms with Gasteiger partial charge in [-0.2, -0.15) is 0 Å². The van der Waals surface area contributed by atoms with Crippen LogP contribution >= 0.6 is 23.1 Å². The Morgan fingerprint density at radius 2 is 1.82 bits per heavy atom. The van der Waals surface area contributed by atoms with Gasteiger partial charge in [0.05, 0.1) is 11.3 Å². The molecule has 5 rings (SSSR count). The number of rotatable bonds is 7. The largest absolute Gasteiger partial charge is 0.293 e. The molecule has 0 bridgehead atoms. The fourth-order valence-electron chi connectivity index (χ4n) is 3.93. The van der Waals surface area contributed by atoms with Crippen molar-refractivity contribution in [3.8, 4) is 0 Å². The number of thiophene rings is 1. The van der Waals surface area contributed by atoms with Crippen LogP contribution in [0, 0.1) is 6.92 Å². The summed E-state index contributed by atoms with van der Waals surface area (Å²) >= 11 is 2.69. The molecule has 170 valence electrons. The summed E-state index contributed by atoms with van der Waals surface area (Å²) in [4.78, 5) is 36.6. The van der Waals surface area contributed by atoms with Crippen molar-refractivity contribution in [1.29, 1.82) is 0 Å². The minimum atomic E-state index is -0.0823. The summed E-state index contributed by atoms with van der Waals surface area (Å²) in [6.07, 6.45) is 1.73. The number of carbonyl (C=O) groups is 1. The highest BCUT2D eigenvalue weighted by molar-refractivity contribution is 7.99. The van der Waals surface area contributed by atoms with Gasteiger partial charge in [-0.05, 0) is 30.5 Å². The van der Waals surface area contributed by atoms with E-state index in [0.717, 1.165) is 21.3 Å². The van der Waals surface area contributed by atoms with Crippen LogP contribution in [0.25, 0.3) is 20.4 Å². The maximum Gasteiger partial charge on any atom is 0.272 e. The van der Waals surface area contributed by atoms with E-state index in [4.69, 9.17) is 4.98 Å². The molecule has 5 nitrogen and oxygen atoms in total. The molecule has 3 aromatic heterocycles. The van der Waals surface area contributed by atoms with Crippen LogP contribution in [0.15, 0.2) is 82.9 Å². The molecule has 0 aliphatic heterocycles.